The molecule has 1 unspecified atom stereocenters. The number of pyridine rings is 1. The van der Waals surface area contributed by atoms with Crippen LogP contribution in [0.2, 0.25) is 10.0 Å². The number of benzene rings is 2. The summed E-state index contributed by atoms with van der Waals surface area (Å²) < 4.78 is 36.2. The van der Waals surface area contributed by atoms with Crippen molar-refractivity contribution in [2.45, 2.75) is 25.4 Å². The summed E-state index contributed by atoms with van der Waals surface area (Å²) in [4.78, 5) is 32.1. The normalized spacial score (nSPS) is 20.3. The third kappa shape index (κ3) is 4.67. The van der Waals surface area contributed by atoms with Crippen molar-refractivity contribution in [1.29, 1.82) is 0 Å². The maximum atomic E-state index is 14.7. The molecule has 3 atom stereocenters. The Labute approximate surface area is 218 Å². The van der Waals surface area contributed by atoms with Gasteiger partial charge in [-0.25, -0.2) is 18.7 Å². The first-order valence-electron chi connectivity index (χ1n) is 10.8. The largest absolute Gasteiger partial charge is 0.486 e. The van der Waals surface area contributed by atoms with Crippen molar-refractivity contribution in [3.8, 4) is 5.75 Å². The zero-order valence-corrected chi connectivity index (χ0v) is 21.1. The topological polar surface area (TPSA) is 59.5 Å². The van der Waals surface area contributed by atoms with Crippen LogP contribution in [0.5, 0.6) is 5.75 Å². The minimum absolute atomic E-state index is 0.118. The molecule has 2 aliphatic carbocycles. The van der Waals surface area contributed by atoms with E-state index >= 15 is 0 Å². The van der Waals surface area contributed by atoms with Gasteiger partial charge in [-0.3, -0.25) is 9.59 Å². The third-order valence-electron chi connectivity index (χ3n) is 6.26. The van der Waals surface area contributed by atoms with Crippen LogP contribution in [0.1, 0.15) is 40.0 Å². The second-order valence-electron chi connectivity index (χ2n) is 8.58. The third-order valence-corrected chi connectivity index (χ3v) is 7.33. The van der Waals surface area contributed by atoms with Gasteiger partial charge in [0.05, 0.1) is 27.3 Å². The summed E-state index contributed by atoms with van der Waals surface area (Å²) in [6, 6.07) is 8.91. The number of hydrogen-bond acceptors (Lipinski definition) is 4. The highest BCUT2D eigenvalue weighted by Crippen LogP contribution is 2.53. The number of carbonyl (C=O) groups excluding carboxylic acids is 2. The van der Waals surface area contributed by atoms with Crippen LogP contribution >= 0.6 is 39.1 Å². The first-order valence-corrected chi connectivity index (χ1v) is 12.4. The number of carbonyl (C=O) groups is 2. The molecule has 2 saturated carbocycles. The Balaban J connectivity index is 1.64. The Morgan fingerprint density at radius 2 is 1.49 bits per heavy atom. The van der Waals surface area contributed by atoms with Gasteiger partial charge in [-0.2, -0.15) is 0 Å². The fourth-order valence-corrected chi connectivity index (χ4v) is 5.31. The van der Waals surface area contributed by atoms with Crippen molar-refractivity contribution in [1.82, 2.24) is 4.98 Å². The van der Waals surface area contributed by atoms with Gasteiger partial charge >= 0.3 is 0 Å². The van der Waals surface area contributed by atoms with Crippen LogP contribution in [0.4, 0.5) is 14.6 Å². The fourth-order valence-electron chi connectivity index (χ4n) is 4.52. The van der Waals surface area contributed by atoms with E-state index in [-0.39, 0.29) is 27.7 Å². The molecule has 35 heavy (non-hydrogen) atoms. The Kier molecular flexibility index (Phi) is 6.55. The summed E-state index contributed by atoms with van der Waals surface area (Å²) >= 11 is 15.6. The van der Waals surface area contributed by atoms with Crippen molar-refractivity contribution in [3.05, 3.63) is 85.9 Å². The quantitative estimate of drug-likeness (QED) is 0.302. The van der Waals surface area contributed by atoms with Gasteiger partial charge in [0.1, 0.15) is 11.6 Å². The predicted octanol–water partition coefficient (Wildman–Crippen LogP) is 7.09. The number of aromatic nitrogens is 1. The van der Waals surface area contributed by atoms with Crippen LogP contribution in [-0.2, 0) is 0 Å². The Morgan fingerprint density at radius 1 is 0.943 bits per heavy atom. The number of nitrogens with zero attached hydrogens (tertiary/aromatic N) is 2. The van der Waals surface area contributed by atoms with E-state index in [2.05, 4.69) is 20.9 Å². The van der Waals surface area contributed by atoms with Gasteiger partial charge in [-0.1, -0.05) is 35.3 Å². The number of anilines is 1. The van der Waals surface area contributed by atoms with Gasteiger partial charge in [-0.05, 0) is 77.4 Å². The molecule has 3 aromatic rings. The highest BCUT2D eigenvalue weighted by atomic mass is 79.9. The Bertz CT molecular complexity index is 1240. The molecule has 2 amide bonds. The first kappa shape index (κ1) is 24.2. The second kappa shape index (κ2) is 9.48. The van der Waals surface area contributed by atoms with E-state index in [1.54, 1.807) is 6.07 Å². The van der Waals surface area contributed by atoms with Gasteiger partial charge in [0, 0.05) is 10.7 Å². The number of halogens is 5. The van der Waals surface area contributed by atoms with E-state index < -0.39 is 34.6 Å². The number of hydrogen-bond donors (Lipinski definition) is 0. The highest BCUT2D eigenvalue weighted by Gasteiger charge is 2.47. The average Bonchev–Trinajstić information content (AvgIpc) is 3.40. The molecule has 2 fully saturated rings. The summed E-state index contributed by atoms with van der Waals surface area (Å²) in [6.07, 6.45) is 4.08. The molecule has 0 spiro atoms. The van der Waals surface area contributed by atoms with E-state index in [4.69, 9.17) is 27.9 Å². The Morgan fingerprint density at radius 3 is 2.00 bits per heavy atom. The van der Waals surface area contributed by atoms with E-state index in [9.17, 15) is 18.4 Å². The van der Waals surface area contributed by atoms with Crippen LogP contribution in [0.15, 0.2) is 53.1 Å². The fraction of sp³-hybridized carbons (Fsp3) is 0.240. The van der Waals surface area contributed by atoms with Gasteiger partial charge in [-0.15, -0.1) is 0 Å². The van der Waals surface area contributed by atoms with Gasteiger partial charge < -0.3 is 4.74 Å². The molecule has 2 aromatic carbocycles. The molecule has 0 radical (unpaired) electrons. The number of fused-ring (bicyclic) bond motifs is 1. The molecule has 10 heteroatoms. The molecule has 2 aliphatic rings. The van der Waals surface area contributed by atoms with Crippen molar-refractivity contribution < 1.29 is 23.1 Å². The average molecular weight is 582 g/mol. The van der Waals surface area contributed by atoms with Crippen molar-refractivity contribution >= 4 is 56.8 Å². The highest BCUT2D eigenvalue weighted by molar-refractivity contribution is 9.10. The summed E-state index contributed by atoms with van der Waals surface area (Å²) in [7, 11) is 0. The lowest BCUT2D eigenvalue weighted by molar-refractivity contribution is 0.0889. The zero-order valence-electron chi connectivity index (χ0n) is 18.0. The first-order chi connectivity index (χ1) is 16.7. The molecule has 180 valence electrons. The van der Waals surface area contributed by atoms with Crippen molar-refractivity contribution in [2.24, 2.45) is 11.8 Å². The van der Waals surface area contributed by atoms with E-state index in [1.165, 1.54) is 36.9 Å². The number of amides is 2. The number of rotatable bonds is 5. The summed E-state index contributed by atoms with van der Waals surface area (Å²) in [5.74, 6) is -3.05. The molecular weight excluding hydrogens is 565 g/mol. The number of ether oxygens (including phenoxy) is 1. The number of imide groups is 1. The smallest absolute Gasteiger partial charge is 0.271 e. The lowest BCUT2D eigenvalue weighted by Gasteiger charge is -2.25. The second-order valence-corrected chi connectivity index (χ2v) is 10.3. The van der Waals surface area contributed by atoms with Crippen molar-refractivity contribution in [2.75, 3.05) is 4.90 Å². The minimum atomic E-state index is -1.13. The standard InChI is InChI=1S/C25H17BrCl2F2N2O3/c26-14-10-20(35-15-8-12-7-13(12)9-15)23(31-11-14)32(24(33)21-16(27)3-1-5-18(21)29)25(34)22-17(28)4-2-6-19(22)30/h1-6,10-13,15H,7-9H2/t12-,13+,15?. The van der Waals surface area contributed by atoms with E-state index in [0.717, 1.165) is 25.0 Å². The molecule has 1 aromatic heterocycles. The van der Waals surface area contributed by atoms with E-state index in [1.807, 2.05) is 0 Å². The van der Waals surface area contributed by atoms with Gasteiger partial charge in [0.15, 0.2) is 11.6 Å². The molecule has 0 bridgehead atoms. The lowest BCUT2D eigenvalue weighted by atomic mass is 10.1. The SMILES string of the molecule is O=C(c1c(F)cccc1Cl)N(C(=O)c1c(F)cccc1Cl)c1ncc(Br)cc1OC1C[C@@H]2C[C@@H]2C1. The van der Waals surface area contributed by atoms with Crippen LogP contribution in [0, 0.1) is 23.5 Å². The molecule has 5 nitrogen and oxygen atoms in total. The molecular formula is C25H17BrCl2F2N2O3. The molecule has 0 N–H and O–H groups in total. The molecule has 5 rings (SSSR count). The summed E-state index contributed by atoms with van der Waals surface area (Å²) in [5.41, 5.74) is -1.12. The van der Waals surface area contributed by atoms with Crippen LogP contribution in [0.3, 0.4) is 0 Å². The van der Waals surface area contributed by atoms with Crippen molar-refractivity contribution in [3.63, 3.8) is 0 Å². The molecule has 1 heterocycles. The maximum absolute atomic E-state index is 14.7. The lowest BCUT2D eigenvalue weighted by Crippen LogP contribution is -2.39. The van der Waals surface area contributed by atoms with Crippen LogP contribution in [-0.4, -0.2) is 22.9 Å². The molecule has 0 aliphatic heterocycles. The van der Waals surface area contributed by atoms with Crippen LogP contribution in [0.25, 0.3) is 0 Å². The predicted molar refractivity (Wildman–Crippen MR) is 131 cm³/mol. The van der Waals surface area contributed by atoms with Gasteiger partial charge in [0.25, 0.3) is 11.8 Å². The van der Waals surface area contributed by atoms with Crippen LogP contribution < -0.4 is 9.64 Å². The minimum Gasteiger partial charge on any atom is -0.486 e. The summed E-state index contributed by atoms with van der Waals surface area (Å²) in [6.45, 7) is 0. The summed E-state index contributed by atoms with van der Waals surface area (Å²) in [5, 5.41) is -0.439. The Hall–Kier alpha value is -2.55. The maximum Gasteiger partial charge on any atom is 0.271 e. The molecule has 0 saturated heterocycles. The monoisotopic (exact) mass is 580 g/mol. The zero-order chi connectivity index (χ0) is 24.9. The van der Waals surface area contributed by atoms with E-state index in [0.29, 0.717) is 21.2 Å². The van der Waals surface area contributed by atoms with Gasteiger partial charge in [0.2, 0.25) is 0 Å².